The molecule has 1 aliphatic rings. The van der Waals surface area contributed by atoms with E-state index >= 15 is 0 Å². The number of hydrogen-bond donors (Lipinski definition) is 1. The number of benzene rings is 2. The van der Waals surface area contributed by atoms with E-state index in [1.54, 1.807) is 37.5 Å². The summed E-state index contributed by atoms with van der Waals surface area (Å²) in [5, 5.41) is 5.67. The molecule has 1 aromatic heterocycles. The van der Waals surface area contributed by atoms with Crippen LogP contribution in [0, 0.1) is 13.8 Å². The summed E-state index contributed by atoms with van der Waals surface area (Å²) in [5.74, 6) is 0.316. The van der Waals surface area contributed by atoms with Crippen LogP contribution < -0.4 is 15.0 Å². The fraction of sp³-hybridized carbons (Fsp3) is 0.167. The fourth-order valence-corrected chi connectivity index (χ4v) is 4.83. The summed E-state index contributed by atoms with van der Waals surface area (Å²) in [6, 6.07) is 13.2. The molecule has 7 nitrogen and oxygen atoms in total. The lowest BCUT2D eigenvalue weighted by Gasteiger charge is -2.18. The molecule has 0 aliphatic carbocycles. The Bertz CT molecular complexity index is 1280. The summed E-state index contributed by atoms with van der Waals surface area (Å²) >= 11 is 2.60. The van der Waals surface area contributed by atoms with Gasteiger partial charge in [0.2, 0.25) is 5.91 Å². The van der Waals surface area contributed by atoms with Gasteiger partial charge in [0.25, 0.3) is 5.91 Å². The minimum atomic E-state index is -0.225. The Morgan fingerprint density at radius 3 is 2.64 bits per heavy atom. The minimum Gasteiger partial charge on any atom is -0.497 e. The number of thioether (sulfide) groups is 1. The van der Waals surface area contributed by atoms with Crippen molar-refractivity contribution in [3.63, 3.8) is 0 Å². The Morgan fingerprint density at radius 1 is 1.18 bits per heavy atom. The van der Waals surface area contributed by atoms with Gasteiger partial charge >= 0.3 is 0 Å². The molecule has 168 valence electrons. The third-order valence-electron chi connectivity index (χ3n) is 4.86. The Labute approximate surface area is 200 Å². The number of nitrogens with zero attached hydrogens (tertiary/aromatic N) is 3. The molecule has 2 amide bonds. The van der Waals surface area contributed by atoms with Crippen molar-refractivity contribution in [3.8, 4) is 5.75 Å². The Morgan fingerprint density at radius 2 is 1.94 bits per heavy atom. The van der Waals surface area contributed by atoms with E-state index in [4.69, 9.17) is 4.74 Å². The molecule has 0 saturated carbocycles. The van der Waals surface area contributed by atoms with Gasteiger partial charge in [0, 0.05) is 12.3 Å². The minimum absolute atomic E-state index is 0.162. The SMILES string of the molecule is COc1ccc(N(C(C)=O)c2nc(/C=C3\SC(=Nc4cc(C)ccc4C)NC3=O)cs2)cc1. The van der Waals surface area contributed by atoms with Gasteiger partial charge < -0.3 is 10.1 Å². The van der Waals surface area contributed by atoms with E-state index in [1.807, 2.05) is 37.4 Å². The van der Waals surface area contributed by atoms with E-state index in [1.165, 1.54) is 34.9 Å². The lowest BCUT2D eigenvalue weighted by atomic mass is 10.1. The fourth-order valence-electron chi connectivity index (χ4n) is 3.17. The number of carbonyl (C=O) groups is 2. The molecule has 1 fully saturated rings. The predicted octanol–water partition coefficient (Wildman–Crippen LogP) is 5.34. The molecule has 0 unspecified atom stereocenters. The van der Waals surface area contributed by atoms with Crippen molar-refractivity contribution in [2.75, 3.05) is 12.0 Å². The molecule has 0 radical (unpaired) electrons. The topological polar surface area (TPSA) is 83.9 Å². The van der Waals surface area contributed by atoms with Gasteiger partial charge in [-0.05, 0) is 73.1 Å². The predicted molar refractivity (Wildman–Crippen MR) is 135 cm³/mol. The molecule has 1 saturated heterocycles. The zero-order valence-corrected chi connectivity index (χ0v) is 20.2. The van der Waals surface area contributed by atoms with Crippen molar-refractivity contribution < 1.29 is 14.3 Å². The first kappa shape index (κ1) is 22.8. The zero-order valence-electron chi connectivity index (χ0n) is 18.6. The van der Waals surface area contributed by atoms with Gasteiger partial charge in [-0.3, -0.25) is 14.5 Å². The molecule has 4 rings (SSSR count). The number of amides is 2. The number of ether oxygens (including phenoxy) is 1. The second-order valence-electron chi connectivity index (χ2n) is 7.38. The highest BCUT2D eigenvalue weighted by Gasteiger charge is 2.25. The number of thiazole rings is 1. The summed E-state index contributed by atoms with van der Waals surface area (Å²) < 4.78 is 5.19. The van der Waals surface area contributed by atoms with E-state index in [-0.39, 0.29) is 11.8 Å². The molecular formula is C24H22N4O3S2. The van der Waals surface area contributed by atoms with Crippen molar-refractivity contribution in [1.82, 2.24) is 10.3 Å². The Hall–Kier alpha value is -3.43. The smallest absolute Gasteiger partial charge is 0.264 e. The van der Waals surface area contributed by atoms with E-state index in [0.29, 0.717) is 32.3 Å². The number of anilines is 2. The lowest BCUT2D eigenvalue weighted by Crippen LogP contribution is -2.22. The average Bonchev–Trinajstić information content (AvgIpc) is 3.37. The summed E-state index contributed by atoms with van der Waals surface area (Å²) in [4.78, 5) is 36.0. The van der Waals surface area contributed by atoms with Crippen molar-refractivity contribution in [3.05, 3.63) is 69.6 Å². The highest BCUT2D eigenvalue weighted by Crippen LogP contribution is 2.33. The summed E-state index contributed by atoms with van der Waals surface area (Å²) in [7, 11) is 1.59. The summed E-state index contributed by atoms with van der Waals surface area (Å²) in [6.45, 7) is 5.47. The molecule has 0 atom stereocenters. The van der Waals surface area contributed by atoms with Crippen LogP contribution in [0.2, 0.25) is 0 Å². The number of aliphatic imine (C=N–C) groups is 1. The third kappa shape index (κ3) is 5.15. The molecule has 0 spiro atoms. The molecule has 2 aromatic carbocycles. The van der Waals surface area contributed by atoms with Gasteiger partial charge in [-0.2, -0.15) is 0 Å². The number of hydrogen-bond acceptors (Lipinski definition) is 7. The van der Waals surface area contributed by atoms with Crippen molar-refractivity contribution in [1.29, 1.82) is 0 Å². The maximum Gasteiger partial charge on any atom is 0.264 e. The molecule has 1 aliphatic heterocycles. The van der Waals surface area contributed by atoms with Crippen molar-refractivity contribution in [2.45, 2.75) is 20.8 Å². The van der Waals surface area contributed by atoms with E-state index in [2.05, 4.69) is 15.3 Å². The molecule has 0 bridgehead atoms. The molecule has 33 heavy (non-hydrogen) atoms. The largest absolute Gasteiger partial charge is 0.497 e. The first-order valence-electron chi connectivity index (χ1n) is 10.1. The highest BCUT2D eigenvalue weighted by atomic mass is 32.2. The number of aryl methyl sites for hydroxylation is 2. The van der Waals surface area contributed by atoms with Gasteiger partial charge in [0.05, 0.1) is 29.1 Å². The Balaban J connectivity index is 1.57. The molecule has 9 heteroatoms. The van der Waals surface area contributed by atoms with Gasteiger partial charge in [-0.15, -0.1) is 11.3 Å². The van der Waals surface area contributed by atoms with Crippen LogP contribution in [0.5, 0.6) is 5.75 Å². The number of amidine groups is 1. The second kappa shape index (κ2) is 9.60. The monoisotopic (exact) mass is 478 g/mol. The van der Waals surface area contributed by atoms with E-state index in [9.17, 15) is 9.59 Å². The van der Waals surface area contributed by atoms with Crippen LogP contribution in [-0.2, 0) is 9.59 Å². The molecule has 3 aromatic rings. The number of aromatic nitrogens is 1. The first-order valence-corrected chi connectivity index (χ1v) is 11.8. The van der Waals surface area contributed by atoms with Crippen LogP contribution in [0.4, 0.5) is 16.5 Å². The number of nitrogens with one attached hydrogen (secondary N) is 1. The van der Waals surface area contributed by atoms with Crippen molar-refractivity contribution in [2.24, 2.45) is 4.99 Å². The maximum absolute atomic E-state index is 12.5. The van der Waals surface area contributed by atoms with Crippen LogP contribution in [0.25, 0.3) is 6.08 Å². The highest BCUT2D eigenvalue weighted by molar-refractivity contribution is 8.18. The normalized spacial score (nSPS) is 15.7. The maximum atomic E-state index is 12.5. The van der Waals surface area contributed by atoms with Crippen LogP contribution in [0.3, 0.4) is 0 Å². The van der Waals surface area contributed by atoms with Crippen LogP contribution in [0.1, 0.15) is 23.7 Å². The van der Waals surface area contributed by atoms with E-state index < -0.39 is 0 Å². The Kier molecular flexibility index (Phi) is 6.62. The molecule has 2 heterocycles. The van der Waals surface area contributed by atoms with Crippen LogP contribution in [-0.4, -0.2) is 29.1 Å². The lowest BCUT2D eigenvalue weighted by molar-refractivity contribution is -0.116. The van der Waals surface area contributed by atoms with Crippen LogP contribution >= 0.6 is 23.1 Å². The average molecular weight is 479 g/mol. The first-order chi connectivity index (χ1) is 15.8. The molecule has 1 N–H and O–H groups in total. The van der Waals surface area contributed by atoms with Crippen molar-refractivity contribution >= 4 is 62.7 Å². The van der Waals surface area contributed by atoms with Crippen LogP contribution in [0.15, 0.2) is 57.7 Å². The zero-order chi connectivity index (χ0) is 23.5. The molecular weight excluding hydrogens is 456 g/mol. The summed E-state index contributed by atoms with van der Waals surface area (Å²) in [5.41, 5.74) is 4.25. The standard InChI is InChI=1S/C24H22N4O3S2/c1-14-5-6-15(2)20(11-14)26-23-27-22(30)21(33-23)12-17-13-32-24(25-17)28(16(3)29)18-7-9-19(31-4)10-8-18/h5-13H,1-4H3,(H,26,27,30)/b21-12-. The van der Waals surface area contributed by atoms with Gasteiger partial charge in [0.15, 0.2) is 10.3 Å². The van der Waals surface area contributed by atoms with Gasteiger partial charge in [0.1, 0.15) is 5.75 Å². The van der Waals surface area contributed by atoms with Gasteiger partial charge in [-0.1, -0.05) is 12.1 Å². The number of carbonyl (C=O) groups excluding carboxylic acids is 2. The van der Waals surface area contributed by atoms with Gasteiger partial charge in [-0.25, -0.2) is 9.98 Å². The number of methoxy groups -OCH3 is 1. The van der Waals surface area contributed by atoms with E-state index in [0.717, 1.165) is 16.8 Å². The summed E-state index contributed by atoms with van der Waals surface area (Å²) in [6.07, 6.45) is 1.71. The second-order valence-corrected chi connectivity index (χ2v) is 9.25. The third-order valence-corrected chi connectivity index (χ3v) is 6.62. The number of rotatable bonds is 5. The quantitative estimate of drug-likeness (QED) is 0.500.